The molecule has 0 spiro atoms. The molecule has 0 aliphatic rings. The highest BCUT2D eigenvalue weighted by atomic mass is 14.7. The zero-order valence-corrected chi connectivity index (χ0v) is 10.0. The van der Waals surface area contributed by atoms with Gasteiger partial charge in [-0.15, -0.1) is 0 Å². The molecule has 0 saturated carbocycles. The van der Waals surface area contributed by atoms with E-state index in [0.29, 0.717) is 0 Å². The second-order valence-corrected chi connectivity index (χ2v) is 4.26. The van der Waals surface area contributed by atoms with Crippen LogP contribution in [0, 0.1) is 27.7 Å². The number of nitrogens with zero attached hydrogens (tertiary/aromatic N) is 1. The normalized spacial score (nSPS) is 10.5. The van der Waals surface area contributed by atoms with Gasteiger partial charge in [0.15, 0.2) is 0 Å². The molecule has 1 nitrogen and oxygen atoms in total. The fraction of sp³-hybridized carbons (Fsp3) is 0.200. The van der Waals surface area contributed by atoms with Crippen molar-refractivity contribution in [1.29, 1.82) is 0 Å². The second kappa shape index (κ2) is 4.09. The van der Waals surface area contributed by atoms with E-state index in [1.807, 2.05) is 12.3 Å². The number of pyridine rings is 1. The van der Waals surface area contributed by atoms with Crippen LogP contribution in [0.1, 0.15) is 22.4 Å². The molecule has 1 aromatic heterocycles. The van der Waals surface area contributed by atoms with Crippen LogP contribution < -0.4 is 0 Å². The third-order valence-corrected chi connectivity index (χ3v) is 2.92. The Morgan fingerprint density at radius 1 is 1.00 bits per heavy atom. The summed E-state index contributed by atoms with van der Waals surface area (Å²) in [5.41, 5.74) is 7.16. The molecule has 0 atom stereocenters. The van der Waals surface area contributed by atoms with Crippen molar-refractivity contribution in [3.63, 3.8) is 0 Å². The van der Waals surface area contributed by atoms with Crippen LogP contribution >= 0.6 is 0 Å². The summed E-state index contributed by atoms with van der Waals surface area (Å²) in [5.74, 6) is 0. The van der Waals surface area contributed by atoms with Crippen molar-refractivity contribution in [2.45, 2.75) is 20.8 Å². The zero-order chi connectivity index (χ0) is 11.7. The minimum Gasteiger partial charge on any atom is -0.261 e. The van der Waals surface area contributed by atoms with Crippen molar-refractivity contribution in [2.75, 3.05) is 0 Å². The maximum atomic E-state index is 4.29. The first-order chi connectivity index (χ1) is 7.59. The van der Waals surface area contributed by atoms with Gasteiger partial charge in [-0.2, -0.15) is 0 Å². The van der Waals surface area contributed by atoms with Crippen LogP contribution in [0.25, 0.3) is 11.1 Å². The van der Waals surface area contributed by atoms with Crippen molar-refractivity contribution in [3.05, 3.63) is 59.8 Å². The van der Waals surface area contributed by atoms with E-state index in [9.17, 15) is 0 Å². The molecule has 0 unspecified atom stereocenters. The van der Waals surface area contributed by atoms with Crippen LogP contribution in [-0.4, -0.2) is 4.98 Å². The lowest BCUT2D eigenvalue weighted by molar-refractivity contribution is 1.22. The van der Waals surface area contributed by atoms with E-state index in [1.165, 1.54) is 27.8 Å². The predicted molar refractivity (Wildman–Crippen MR) is 68.3 cm³/mol. The molecular formula is C15H16N. The summed E-state index contributed by atoms with van der Waals surface area (Å²) in [6, 6.07) is 8.40. The van der Waals surface area contributed by atoms with E-state index in [4.69, 9.17) is 0 Å². The van der Waals surface area contributed by atoms with Gasteiger partial charge in [0.25, 0.3) is 0 Å². The smallest absolute Gasteiger partial charge is 0.0410 e. The monoisotopic (exact) mass is 210 g/mol. The summed E-state index contributed by atoms with van der Waals surface area (Å²) in [6.07, 6.45) is 1.92. The van der Waals surface area contributed by atoms with Gasteiger partial charge in [0.1, 0.15) is 0 Å². The van der Waals surface area contributed by atoms with E-state index in [2.05, 4.69) is 50.9 Å². The lowest BCUT2D eigenvalue weighted by Gasteiger charge is -2.12. The Morgan fingerprint density at radius 3 is 2.19 bits per heavy atom. The van der Waals surface area contributed by atoms with Crippen LogP contribution in [-0.2, 0) is 0 Å². The molecule has 1 heterocycles. The number of benzene rings is 1. The quantitative estimate of drug-likeness (QED) is 0.696. The summed E-state index contributed by atoms with van der Waals surface area (Å²) >= 11 is 0. The van der Waals surface area contributed by atoms with E-state index in [-0.39, 0.29) is 0 Å². The average Bonchev–Trinajstić information content (AvgIpc) is 2.20. The Balaban J connectivity index is 2.68. The van der Waals surface area contributed by atoms with Crippen LogP contribution in [0.2, 0.25) is 0 Å². The topological polar surface area (TPSA) is 12.9 Å². The van der Waals surface area contributed by atoms with Gasteiger partial charge >= 0.3 is 0 Å². The third-order valence-electron chi connectivity index (χ3n) is 2.92. The summed E-state index contributed by atoms with van der Waals surface area (Å²) < 4.78 is 0. The van der Waals surface area contributed by atoms with Gasteiger partial charge in [-0.3, -0.25) is 4.98 Å². The number of hydrogen-bond acceptors (Lipinski definition) is 1. The van der Waals surface area contributed by atoms with Gasteiger partial charge < -0.3 is 0 Å². The standard InChI is InChI=1S/C15H16N/c1-10-6-5-7-11(2)15(10)14-9-16-13(4)8-12(14)3/h5-9H,4H2,1-3H3. The highest BCUT2D eigenvalue weighted by molar-refractivity contribution is 5.72. The molecule has 1 radical (unpaired) electrons. The molecule has 0 aliphatic carbocycles. The molecule has 0 aliphatic heterocycles. The molecule has 0 amide bonds. The maximum absolute atomic E-state index is 4.29. The molecule has 1 heteroatoms. The Labute approximate surface area is 97.2 Å². The minimum absolute atomic E-state index is 0.826. The average molecular weight is 210 g/mol. The van der Waals surface area contributed by atoms with Gasteiger partial charge in [-0.1, -0.05) is 18.2 Å². The van der Waals surface area contributed by atoms with E-state index >= 15 is 0 Å². The number of rotatable bonds is 1. The van der Waals surface area contributed by atoms with Crippen LogP contribution in [0.4, 0.5) is 0 Å². The predicted octanol–water partition coefficient (Wildman–Crippen LogP) is 3.86. The lowest BCUT2D eigenvalue weighted by Crippen LogP contribution is -1.93. The lowest BCUT2D eigenvalue weighted by atomic mass is 9.94. The largest absolute Gasteiger partial charge is 0.261 e. The summed E-state index contributed by atoms with van der Waals surface area (Å²) in [4.78, 5) is 4.29. The van der Waals surface area contributed by atoms with Crippen LogP contribution in [0.3, 0.4) is 0 Å². The fourth-order valence-electron chi connectivity index (χ4n) is 2.12. The first-order valence-electron chi connectivity index (χ1n) is 5.45. The number of aromatic nitrogens is 1. The molecule has 0 saturated heterocycles. The van der Waals surface area contributed by atoms with E-state index in [0.717, 1.165) is 5.69 Å². The molecule has 2 rings (SSSR count). The fourth-order valence-corrected chi connectivity index (χ4v) is 2.12. The van der Waals surface area contributed by atoms with Gasteiger partial charge in [0.05, 0.1) is 0 Å². The molecule has 81 valence electrons. The van der Waals surface area contributed by atoms with E-state index in [1.54, 1.807) is 0 Å². The summed E-state index contributed by atoms with van der Waals surface area (Å²) in [6.45, 7) is 10.2. The molecule has 1 aromatic carbocycles. The first kappa shape index (κ1) is 10.9. The zero-order valence-electron chi connectivity index (χ0n) is 10.0. The second-order valence-electron chi connectivity index (χ2n) is 4.26. The third kappa shape index (κ3) is 1.85. The van der Waals surface area contributed by atoms with Crippen LogP contribution in [0.15, 0.2) is 30.5 Å². The van der Waals surface area contributed by atoms with Gasteiger partial charge in [-0.25, -0.2) is 0 Å². The maximum Gasteiger partial charge on any atom is 0.0410 e. The highest BCUT2D eigenvalue weighted by Gasteiger charge is 2.08. The van der Waals surface area contributed by atoms with Crippen molar-refractivity contribution < 1.29 is 0 Å². The van der Waals surface area contributed by atoms with Gasteiger partial charge in [0, 0.05) is 17.5 Å². The van der Waals surface area contributed by atoms with Crippen LogP contribution in [0.5, 0.6) is 0 Å². The Bertz CT molecular complexity index is 507. The SMILES string of the molecule is [CH2]c1cc(C)c(-c2c(C)cccc2C)cn1. The van der Waals surface area contributed by atoms with Crippen molar-refractivity contribution in [2.24, 2.45) is 0 Å². The molecule has 0 bridgehead atoms. The highest BCUT2D eigenvalue weighted by Crippen LogP contribution is 2.29. The van der Waals surface area contributed by atoms with Gasteiger partial charge in [-0.05, 0) is 56.0 Å². The molecule has 0 fully saturated rings. The summed E-state index contributed by atoms with van der Waals surface area (Å²) in [7, 11) is 0. The molecule has 0 N–H and O–H groups in total. The summed E-state index contributed by atoms with van der Waals surface area (Å²) in [5, 5.41) is 0. The Kier molecular flexibility index (Phi) is 2.78. The number of hydrogen-bond donors (Lipinski definition) is 0. The molecule has 16 heavy (non-hydrogen) atoms. The molecule has 2 aromatic rings. The minimum atomic E-state index is 0.826. The molecular weight excluding hydrogens is 194 g/mol. The number of aryl methyl sites for hydroxylation is 3. The Hall–Kier alpha value is -1.63. The Morgan fingerprint density at radius 2 is 1.62 bits per heavy atom. The first-order valence-corrected chi connectivity index (χ1v) is 5.45. The van der Waals surface area contributed by atoms with Crippen molar-refractivity contribution >= 4 is 0 Å². The van der Waals surface area contributed by atoms with E-state index < -0.39 is 0 Å². The van der Waals surface area contributed by atoms with Crippen molar-refractivity contribution in [1.82, 2.24) is 4.98 Å². The van der Waals surface area contributed by atoms with Gasteiger partial charge in [0.2, 0.25) is 0 Å². The van der Waals surface area contributed by atoms with Crippen molar-refractivity contribution in [3.8, 4) is 11.1 Å².